The summed E-state index contributed by atoms with van der Waals surface area (Å²) in [5.74, 6) is -0.256. The fourth-order valence-electron chi connectivity index (χ4n) is 1.83. The van der Waals surface area contributed by atoms with E-state index >= 15 is 0 Å². The molecule has 0 heterocycles. The molecule has 0 radical (unpaired) electrons. The number of nitrogens with one attached hydrogen (secondary N) is 1. The van der Waals surface area contributed by atoms with E-state index in [0.29, 0.717) is 17.8 Å². The van der Waals surface area contributed by atoms with Crippen LogP contribution in [0.15, 0.2) is 40.9 Å². The molecule has 0 saturated carbocycles. The van der Waals surface area contributed by atoms with Crippen molar-refractivity contribution in [3.8, 4) is 6.07 Å². The van der Waals surface area contributed by atoms with Crippen LogP contribution in [-0.2, 0) is 13.0 Å². The fraction of sp³-hybridized carbons (Fsp3) is 0.133. The molecular formula is C15H13BrFN3. The molecule has 2 aromatic carbocycles. The van der Waals surface area contributed by atoms with Crippen LogP contribution in [0.3, 0.4) is 0 Å². The summed E-state index contributed by atoms with van der Waals surface area (Å²) in [4.78, 5) is 0. The molecule has 3 N–H and O–H groups in total. The Morgan fingerprint density at radius 1 is 1.20 bits per heavy atom. The van der Waals surface area contributed by atoms with E-state index in [1.54, 1.807) is 18.2 Å². The van der Waals surface area contributed by atoms with Crippen molar-refractivity contribution in [3.05, 3.63) is 57.8 Å². The van der Waals surface area contributed by atoms with Crippen LogP contribution in [-0.4, -0.2) is 0 Å². The second-order valence-corrected chi connectivity index (χ2v) is 5.25. The molecule has 0 spiro atoms. The number of hydrogen-bond donors (Lipinski definition) is 2. The summed E-state index contributed by atoms with van der Waals surface area (Å²) in [6.07, 6.45) is 0.257. The quantitative estimate of drug-likeness (QED) is 0.835. The van der Waals surface area contributed by atoms with E-state index in [-0.39, 0.29) is 12.2 Å². The molecule has 102 valence electrons. The fourth-order valence-corrected chi connectivity index (χ4v) is 2.24. The molecule has 20 heavy (non-hydrogen) atoms. The third-order valence-electron chi connectivity index (χ3n) is 2.90. The van der Waals surface area contributed by atoms with Crippen LogP contribution in [0, 0.1) is 17.1 Å². The van der Waals surface area contributed by atoms with Gasteiger partial charge in [0.2, 0.25) is 0 Å². The van der Waals surface area contributed by atoms with Crippen molar-refractivity contribution >= 4 is 27.3 Å². The maximum Gasteiger partial charge on any atom is 0.128 e. The molecule has 0 atom stereocenters. The van der Waals surface area contributed by atoms with E-state index in [1.807, 2.05) is 12.1 Å². The van der Waals surface area contributed by atoms with Crippen molar-refractivity contribution in [1.82, 2.24) is 0 Å². The van der Waals surface area contributed by atoms with Crippen LogP contribution in [0.4, 0.5) is 15.8 Å². The van der Waals surface area contributed by atoms with Gasteiger partial charge in [0.25, 0.3) is 0 Å². The van der Waals surface area contributed by atoms with Crippen molar-refractivity contribution in [2.75, 3.05) is 11.1 Å². The Balaban J connectivity index is 2.13. The SMILES string of the molecule is N#CCc1cc(NCc2cc(Br)ccc2F)ccc1N. The molecule has 2 aromatic rings. The molecule has 0 fully saturated rings. The maximum absolute atomic E-state index is 13.6. The molecule has 2 rings (SSSR count). The van der Waals surface area contributed by atoms with Crippen LogP contribution in [0.1, 0.15) is 11.1 Å². The molecule has 0 aliphatic heterocycles. The van der Waals surface area contributed by atoms with Gasteiger partial charge in [-0.25, -0.2) is 4.39 Å². The molecule has 0 amide bonds. The average molecular weight is 334 g/mol. The van der Waals surface area contributed by atoms with Gasteiger partial charge < -0.3 is 11.1 Å². The third-order valence-corrected chi connectivity index (χ3v) is 3.40. The van der Waals surface area contributed by atoms with Crippen LogP contribution < -0.4 is 11.1 Å². The number of anilines is 2. The summed E-state index contributed by atoms with van der Waals surface area (Å²) in [6.45, 7) is 0.362. The smallest absolute Gasteiger partial charge is 0.128 e. The normalized spacial score (nSPS) is 10.1. The third kappa shape index (κ3) is 3.49. The minimum absolute atomic E-state index is 0.256. The lowest BCUT2D eigenvalue weighted by atomic mass is 10.1. The Hall–Kier alpha value is -2.06. The number of nitrogens with zero attached hydrogens (tertiary/aromatic N) is 1. The number of nitrogen functional groups attached to an aromatic ring is 1. The predicted octanol–water partition coefficient (Wildman–Crippen LogP) is 3.85. The molecule has 5 heteroatoms. The lowest BCUT2D eigenvalue weighted by Crippen LogP contribution is -2.03. The topological polar surface area (TPSA) is 61.8 Å². The minimum atomic E-state index is -0.256. The molecular weight excluding hydrogens is 321 g/mol. The lowest BCUT2D eigenvalue weighted by Gasteiger charge is -2.10. The largest absolute Gasteiger partial charge is 0.398 e. The number of nitrogens with two attached hydrogens (primary N) is 1. The van der Waals surface area contributed by atoms with Gasteiger partial charge in [0.1, 0.15) is 5.82 Å². The van der Waals surface area contributed by atoms with E-state index in [4.69, 9.17) is 11.0 Å². The zero-order valence-electron chi connectivity index (χ0n) is 10.7. The Morgan fingerprint density at radius 2 is 2.00 bits per heavy atom. The Labute approximate surface area is 125 Å². The van der Waals surface area contributed by atoms with Gasteiger partial charge in [-0.1, -0.05) is 15.9 Å². The highest BCUT2D eigenvalue weighted by molar-refractivity contribution is 9.10. The van der Waals surface area contributed by atoms with E-state index in [9.17, 15) is 4.39 Å². The van der Waals surface area contributed by atoms with Gasteiger partial charge in [0, 0.05) is 28.0 Å². The van der Waals surface area contributed by atoms with Crippen LogP contribution in [0.5, 0.6) is 0 Å². The highest BCUT2D eigenvalue weighted by atomic mass is 79.9. The van der Waals surface area contributed by atoms with Gasteiger partial charge in [-0.15, -0.1) is 0 Å². The Morgan fingerprint density at radius 3 is 2.75 bits per heavy atom. The lowest BCUT2D eigenvalue weighted by molar-refractivity contribution is 0.612. The maximum atomic E-state index is 13.6. The van der Waals surface area contributed by atoms with Crippen molar-refractivity contribution in [2.24, 2.45) is 0 Å². The molecule has 0 bridgehead atoms. The van der Waals surface area contributed by atoms with Crippen LogP contribution in [0.25, 0.3) is 0 Å². The van der Waals surface area contributed by atoms with Crippen LogP contribution >= 0.6 is 15.9 Å². The van der Waals surface area contributed by atoms with E-state index in [1.165, 1.54) is 6.07 Å². The molecule has 0 aromatic heterocycles. The molecule has 3 nitrogen and oxygen atoms in total. The number of benzene rings is 2. The number of halogens is 2. The van der Waals surface area contributed by atoms with Gasteiger partial charge in [0.05, 0.1) is 12.5 Å². The first kappa shape index (κ1) is 14.4. The zero-order valence-corrected chi connectivity index (χ0v) is 12.2. The second-order valence-electron chi connectivity index (χ2n) is 4.34. The van der Waals surface area contributed by atoms with Crippen molar-refractivity contribution < 1.29 is 4.39 Å². The summed E-state index contributed by atoms with van der Waals surface area (Å²) in [5.41, 5.74) is 8.52. The summed E-state index contributed by atoms with van der Waals surface area (Å²) in [5, 5.41) is 11.9. The van der Waals surface area contributed by atoms with Gasteiger partial charge >= 0.3 is 0 Å². The summed E-state index contributed by atoms with van der Waals surface area (Å²) < 4.78 is 14.4. The van der Waals surface area contributed by atoms with E-state index < -0.39 is 0 Å². The Bertz CT molecular complexity index is 665. The minimum Gasteiger partial charge on any atom is -0.398 e. The van der Waals surface area contributed by atoms with Gasteiger partial charge in [0.15, 0.2) is 0 Å². The molecule has 0 aliphatic carbocycles. The van der Waals surface area contributed by atoms with E-state index in [0.717, 1.165) is 15.7 Å². The van der Waals surface area contributed by atoms with Gasteiger partial charge in [-0.3, -0.25) is 0 Å². The first-order valence-electron chi connectivity index (χ1n) is 6.03. The molecule has 0 saturated heterocycles. The van der Waals surface area contributed by atoms with Crippen LogP contribution in [0.2, 0.25) is 0 Å². The number of nitriles is 1. The average Bonchev–Trinajstić information content (AvgIpc) is 2.43. The Kier molecular flexibility index (Phi) is 4.59. The number of rotatable bonds is 4. The molecule has 0 unspecified atom stereocenters. The summed E-state index contributed by atoms with van der Waals surface area (Å²) in [6, 6.07) is 12.2. The summed E-state index contributed by atoms with van der Waals surface area (Å²) in [7, 11) is 0. The van der Waals surface area contributed by atoms with E-state index in [2.05, 4.69) is 27.3 Å². The van der Waals surface area contributed by atoms with Gasteiger partial charge in [-0.2, -0.15) is 5.26 Å². The first-order chi connectivity index (χ1) is 9.60. The highest BCUT2D eigenvalue weighted by Gasteiger charge is 2.04. The second kappa shape index (κ2) is 6.40. The van der Waals surface area contributed by atoms with Crippen molar-refractivity contribution in [1.29, 1.82) is 5.26 Å². The standard InChI is InChI=1S/C15H13BrFN3/c16-12-1-3-14(17)11(7-12)9-20-13-2-4-15(19)10(8-13)5-6-18/h1-4,7-8,20H,5,9,19H2. The van der Waals surface area contributed by atoms with Gasteiger partial charge in [-0.05, 0) is 42.0 Å². The highest BCUT2D eigenvalue weighted by Crippen LogP contribution is 2.20. The van der Waals surface area contributed by atoms with Crippen molar-refractivity contribution in [2.45, 2.75) is 13.0 Å². The predicted molar refractivity (Wildman–Crippen MR) is 81.6 cm³/mol. The monoisotopic (exact) mass is 333 g/mol. The zero-order chi connectivity index (χ0) is 14.5. The summed E-state index contributed by atoms with van der Waals surface area (Å²) >= 11 is 3.32. The molecule has 0 aliphatic rings. The first-order valence-corrected chi connectivity index (χ1v) is 6.82. The number of hydrogen-bond acceptors (Lipinski definition) is 3. The van der Waals surface area contributed by atoms with Crippen molar-refractivity contribution in [3.63, 3.8) is 0 Å².